The quantitative estimate of drug-likeness (QED) is 0.694. The van der Waals surface area contributed by atoms with Crippen molar-refractivity contribution < 1.29 is 0 Å². The van der Waals surface area contributed by atoms with Gasteiger partial charge < -0.3 is 10.2 Å². The predicted molar refractivity (Wildman–Crippen MR) is 66.2 cm³/mol. The first kappa shape index (κ1) is 12.7. The first-order valence-electron chi connectivity index (χ1n) is 5.88. The summed E-state index contributed by atoms with van der Waals surface area (Å²) in [7, 11) is 4.26. The van der Waals surface area contributed by atoms with Gasteiger partial charge >= 0.3 is 0 Å². The van der Waals surface area contributed by atoms with Crippen molar-refractivity contribution in [2.45, 2.75) is 25.4 Å². The Balaban J connectivity index is 2.62. The first-order valence-corrected chi connectivity index (χ1v) is 5.88. The van der Waals surface area contributed by atoms with Gasteiger partial charge in [0.2, 0.25) is 0 Å². The standard InChI is InChI=1S/C12H25N3/c1-5-7-15-8-6-11(2)14(4)10-12(15)9-13-3/h5,11-13H,1,6-10H2,2-4H3. The summed E-state index contributed by atoms with van der Waals surface area (Å²) in [6, 6.07) is 1.31. The highest BCUT2D eigenvalue weighted by atomic mass is 15.3. The third-order valence-electron chi connectivity index (χ3n) is 3.41. The van der Waals surface area contributed by atoms with Crippen LogP contribution in [0.4, 0.5) is 0 Å². The van der Waals surface area contributed by atoms with Gasteiger partial charge in [0.05, 0.1) is 0 Å². The Morgan fingerprint density at radius 3 is 2.87 bits per heavy atom. The van der Waals surface area contributed by atoms with Crippen molar-refractivity contribution in [1.29, 1.82) is 0 Å². The van der Waals surface area contributed by atoms with Crippen LogP contribution in [0.15, 0.2) is 12.7 Å². The van der Waals surface area contributed by atoms with E-state index in [2.05, 4.69) is 35.7 Å². The molecule has 0 aromatic carbocycles. The van der Waals surface area contributed by atoms with Crippen molar-refractivity contribution >= 4 is 0 Å². The largest absolute Gasteiger partial charge is 0.318 e. The zero-order valence-electron chi connectivity index (χ0n) is 10.4. The van der Waals surface area contributed by atoms with Gasteiger partial charge in [-0.1, -0.05) is 6.08 Å². The van der Waals surface area contributed by atoms with E-state index in [0.29, 0.717) is 12.1 Å². The smallest absolute Gasteiger partial charge is 0.0351 e. The maximum absolute atomic E-state index is 3.84. The predicted octanol–water partition coefficient (Wildman–Crippen LogP) is 0.786. The number of hydrogen-bond acceptors (Lipinski definition) is 3. The molecule has 3 heteroatoms. The second-order valence-electron chi connectivity index (χ2n) is 4.57. The van der Waals surface area contributed by atoms with Crippen LogP contribution in [0.25, 0.3) is 0 Å². The van der Waals surface area contributed by atoms with Gasteiger partial charge in [-0.2, -0.15) is 0 Å². The van der Waals surface area contributed by atoms with E-state index in [1.165, 1.54) is 13.0 Å². The summed E-state index contributed by atoms with van der Waals surface area (Å²) in [5.74, 6) is 0. The Kier molecular flexibility index (Phi) is 5.29. The van der Waals surface area contributed by atoms with Gasteiger partial charge in [0, 0.05) is 38.3 Å². The maximum atomic E-state index is 3.84. The average molecular weight is 211 g/mol. The lowest BCUT2D eigenvalue weighted by molar-refractivity contribution is 0.195. The summed E-state index contributed by atoms with van der Waals surface area (Å²) in [5, 5.41) is 3.29. The van der Waals surface area contributed by atoms with Crippen LogP contribution in [-0.2, 0) is 0 Å². The van der Waals surface area contributed by atoms with E-state index in [9.17, 15) is 0 Å². The summed E-state index contributed by atoms with van der Waals surface area (Å²) in [6.07, 6.45) is 3.27. The van der Waals surface area contributed by atoms with Gasteiger partial charge in [-0.05, 0) is 27.4 Å². The Hall–Kier alpha value is -0.380. The monoisotopic (exact) mass is 211 g/mol. The lowest BCUT2D eigenvalue weighted by Gasteiger charge is -2.30. The Morgan fingerprint density at radius 1 is 1.53 bits per heavy atom. The molecule has 0 radical (unpaired) electrons. The zero-order chi connectivity index (χ0) is 11.3. The van der Waals surface area contributed by atoms with E-state index in [1.807, 2.05) is 13.1 Å². The highest BCUT2D eigenvalue weighted by Gasteiger charge is 2.25. The fourth-order valence-electron chi connectivity index (χ4n) is 2.22. The van der Waals surface area contributed by atoms with Crippen molar-refractivity contribution in [2.75, 3.05) is 40.3 Å². The van der Waals surface area contributed by atoms with Crippen LogP contribution < -0.4 is 5.32 Å². The van der Waals surface area contributed by atoms with Gasteiger partial charge in [0.15, 0.2) is 0 Å². The van der Waals surface area contributed by atoms with E-state index >= 15 is 0 Å². The van der Waals surface area contributed by atoms with Gasteiger partial charge in [-0.3, -0.25) is 4.90 Å². The molecule has 3 nitrogen and oxygen atoms in total. The van der Waals surface area contributed by atoms with Crippen molar-refractivity contribution in [2.24, 2.45) is 0 Å². The molecule has 0 spiro atoms. The zero-order valence-corrected chi connectivity index (χ0v) is 10.4. The van der Waals surface area contributed by atoms with E-state index in [1.54, 1.807) is 0 Å². The van der Waals surface area contributed by atoms with Gasteiger partial charge in [-0.15, -0.1) is 6.58 Å². The molecule has 1 rings (SSSR count). The van der Waals surface area contributed by atoms with Crippen LogP contribution in [0, 0.1) is 0 Å². The summed E-state index contributed by atoms with van der Waals surface area (Å²) < 4.78 is 0. The van der Waals surface area contributed by atoms with E-state index < -0.39 is 0 Å². The molecule has 0 amide bonds. The molecular weight excluding hydrogens is 186 g/mol. The van der Waals surface area contributed by atoms with Gasteiger partial charge in [0.25, 0.3) is 0 Å². The third-order valence-corrected chi connectivity index (χ3v) is 3.41. The second kappa shape index (κ2) is 6.26. The molecule has 2 unspecified atom stereocenters. The molecule has 2 atom stereocenters. The van der Waals surface area contributed by atoms with Gasteiger partial charge in [0.1, 0.15) is 0 Å². The van der Waals surface area contributed by atoms with Crippen LogP contribution in [0.5, 0.6) is 0 Å². The number of nitrogens with one attached hydrogen (secondary N) is 1. The average Bonchev–Trinajstić information content (AvgIpc) is 2.33. The molecule has 1 aliphatic heterocycles. The molecule has 0 saturated carbocycles. The highest BCUT2D eigenvalue weighted by Crippen LogP contribution is 2.13. The first-order chi connectivity index (χ1) is 7.19. The molecule has 88 valence electrons. The van der Waals surface area contributed by atoms with Crippen molar-refractivity contribution in [3.05, 3.63) is 12.7 Å². The van der Waals surface area contributed by atoms with E-state index in [4.69, 9.17) is 0 Å². The molecule has 15 heavy (non-hydrogen) atoms. The SMILES string of the molecule is C=CCN1CCC(C)N(C)CC1CNC. The lowest BCUT2D eigenvalue weighted by Crippen LogP contribution is -2.46. The second-order valence-corrected chi connectivity index (χ2v) is 4.57. The van der Waals surface area contributed by atoms with Crippen LogP contribution in [0.3, 0.4) is 0 Å². The Bertz CT molecular complexity index is 193. The fraction of sp³-hybridized carbons (Fsp3) is 0.833. The lowest BCUT2D eigenvalue weighted by atomic mass is 10.2. The summed E-state index contributed by atoms with van der Waals surface area (Å²) in [4.78, 5) is 4.99. The van der Waals surface area contributed by atoms with Crippen LogP contribution in [-0.4, -0.2) is 62.2 Å². The molecule has 1 fully saturated rings. The summed E-state index contributed by atoms with van der Waals surface area (Å²) in [6.45, 7) is 10.6. The molecule has 1 saturated heterocycles. The summed E-state index contributed by atoms with van der Waals surface area (Å²) in [5.41, 5.74) is 0. The van der Waals surface area contributed by atoms with E-state index in [0.717, 1.165) is 19.6 Å². The molecule has 0 bridgehead atoms. The van der Waals surface area contributed by atoms with Crippen LogP contribution in [0.1, 0.15) is 13.3 Å². The minimum atomic E-state index is 0.614. The van der Waals surface area contributed by atoms with Crippen LogP contribution in [0.2, 0.25) is 0 Å². The molecular formula is C12H25N3. The number of likely N-dealkylation sites (N-methyl/N-ethyl adjacent to an activating group) is 2. The Labute approximate surface area is 94.1 Å². The fourth-order valence-corrected chi connectivity index (χ4v) is 2.22. The molecule has 1 N–H and O–H groups in total. The minimum absolute atomic E-state index is 0.614. The molecule has 0 aromatic rings. The molecule has 0 aliphatic carbocycles. The number of nitrogens with zero attached hydrogens (tertiary/aromatic N) is 2. The molecule has 1 heterocycles. The van der Waals surface area contributed by atoms with Gasteiger partial charge in [-0.25, -0.2) is 0 Å². The van der Waals surface area contributed by atoms with Crippen molar-refractivity contribution in [3.8, 4) is 0 Å². The Morgan fingerprint density at radius 2 is 2.27 bits per heavy atom. The number of hydrogen-bond donors (Lipinski definition) is 1. The topological polar surface area (TPSA) is 18.5 Å². The van der Waals surface area contributed by atoms with Crippen molar-refractivity contribution in [3.63, 3.8) is 0 Å². The van der Waals surface area contributed by atoms with Crippen LogP contribution >= 0.6 is 0 Å². The maximum Gasteiger partial charge on any atom is 0.0351 e. The minimum Gasteiger partial charge on any atom is -0.318 e. The highest BCUT2D eigenvalue weighted by molar-refractivity contribution is 4.86. The van der Waals surface area contributed by atoms with Crippen molar-refractivity contribution in [1.82, 2.24) is 15.1 Å². The third kappa shape index (κ3) is 3.59. The molecule has 0 aromatic heterocycles. The molecule has 1 aliphatic rings. The summed E-state index contributed by atoms with van der Waals surface area (Å²) >= 11 is 0. The number of rotatable bonds is 4. The normalized spacial score (nSPS) is 30.1. The van der Waals surface area contributed by atoms with E-state index in [-0.39, 0.29) is 0 Å².